The molecule has 0 bridgehead atoms. The fourth-order valence-corrected chi connectivity index (χ4v) is 5.19. The predicted octanol–water partition coefficient (Wildman–Crippen LogP) is 1.16. The number of aromatic nitrogens is 2. The molecule has 1 aliphatic rings. The number of nitrogens with zero attached hydrogens (tertiary/aromatic N) is 3. The van der Waals surface area contributed by atoms with E-state index in [1.807, 2.05) is 6.07 Å². The van der Waals surface area contributed by atoms with E-state index in [1.54, 1.807) is 12.1 Å². The molecule has 1 aliphatic heterocycles. The standard InChI is InChI=1S/C17H24N6O3S2/c1-13(24)19-11-14-4-5-17(27-14)28(25,26)22-7-6-18-15-10-16(21-12-20-15)23-8-2-3-9-23/h4-5,10,12,22H,2-3,6-9,11H2,1H3,(H,19,24)(H,18,20,21). The van der Waals surface area contributed by atoms with Crippen LogP contribution in [0.2, 0.25) is 0 Å². The quantitative estimate of drug-likeness (QED) is 0.517. The molecule has 3 rings (SSSR count). The van der Waals surface area contributed by atoms with Gasteiger partial charge in [-0.3, -0.25) is 4.79 Å². The summed E-state index contributed by atoms with van der Waals surface area (Å²) in [6.45, 7) is 4.38. The molecule has 28 heavy (non-hydrogen) atoms. The number of hydrogen-bond donors (Lipinski definition) is 3. The van der Waals surface area contributed by atoms with Gasteiger partial charge >= 0.3 is 0 Å². The summed E-state index contributed by atoms with van der Waals surface area (Å²) in [5.41, 5.74) is 0. The smallest absolute Gasteiger partial charge is 0.250 e. The van der Waals surface area contributed by atoms with Crippen molar-refractivity contribution in [1.29, 1.82) is 0 Å². The van der Waals surface area contributed by atoms with Gasteiger partial charge in [-0.05, 0) is 25.0 Å². The number of nitrogens with one attached hydrogen (secondary N) is 3. The Kier molecular flexibility index (Phi) is 6.81. The Bertz CT molecular complexity index is 909. The van der Waals surface area contributed by atoms with Crippen LogP contribution in [0.25, 0.3) is 0 Å². The zero-order chi connectivity index (χ0) is 20.0. The van der Waals surface area contributed by atoms with Gasteiger partial charge in [0.2, 0.25) is 15.9 Å². The Morgan fingerprint density at radius 1 is 1.21 bits per heavy atom. The minimum Gasteiger partial charge on any atom is -0.369 e. The van der Waals surface area contributed by atoms with E-state index in [9.17, 15) is 13.2 Å². The number of carbonyl (C=O) groups excluding carboxylic acids is 1. The predicted molar refractivity (Wildman–Crippen MR) is 109 cm³/mol. The van der Waals surface area contributed by atoms with Gasteiger partial charge in [0.15, 0.2) is 0 Å². The van der Waals surface area contributed by atoms with Crippen molar-refractivity contribution in [3.63, 3.8) is 0 Å². The number of anilines is 2. The number of carbonyl (C=O) groups is 1. The SMILES string of the molecule is CC(=O)NCc1ccc(S(=O)(=O)NCCNc2cc(N3CCCC3)ncn2)s1. The lowest BCUT2D eigenvalue weighted by atomic mass is 10.4. The summed E-state index contributed by atoms with van der Waals surface area (Å²) < 4.78 is 27.6. The molecule has 0 unspecified atom stereocenters. The molecule has 0 aromatic carbocycles. The molecule has 9 nitrogen and oxygen atoms in total. The van der Waals surface area contributed by atoms with E-state index in [4.69, 9.17) is 0 Å². The summed E-state index contributed by atoms with van der Waals surface area (Å²) in [6.07, 6.45) is 3.86. The van der Waals surface area contributed by atoms with Crippen LogP contribution in [0.5, 0.6) is 0 Å². The third-order valence-corrected chi connectivity index (χ3v) is 7.26. The number of amides is 1. The van der Waals surface area contributed by atoms with E-state index in [0.717, 1.165) is 35.1 Å². The molecule has 0 radical (unpaired) electrons. The average Bonchev–Trinajstić information content (AvgIpc) is 3.36. The van der Waals surface area contributed by atoms with Crippen LogP contribution in [-0.4, -0.2) is 50.5 Å². The molecule has 2 aromatic heterocycles. The van der Waals surface area contributed by atoms with Gasteiger partial charge in [-0.15, -0.1) is 11.3 Å². The molecule has 1 amide bonds. The highest BCUT2D eigenvalue weighted by Crippen LogP contribution is 2.21. The zero-order valence-electron chi connectivity index (χ0n) is 15.6. The lowest BCUT2D eigenvalue weighted by molar-refractivity contribution is -0.119. The van der Waals surface area contributed by atoms with E-state index < -0.39 is 10.0 Å². The first-order valence-corrected chi connectivity index (χ1v) is 11.4. The molecular formula is C17H24N6O3S2. The largest absolute Gasteiger partial charge is 0.369 e. The van der Waals surface area contributed by atoms with Gasteiger partial charge < -0.3 is 15.5 Å². The van der Waals surface area contributed by atoms with Crippen molar-refractivity contribution in [3.05, 3.63) is 29.4 Å². The lowest BCUT2D eigenvalue weighted by Gasteiger charge is -2.16. The molecule has 11 heteroatoms. The van der Waals surface area contributed by atoms with Crippen LogP contribution in [0.1, 0.15) is 24.6 Å². The van der Waals surface area contributed by atoms with Crippen molar-refractivity contribution in [1.82, 2.24) is 20.0 Å². The first-order valence-electron chi connectivity index (χ1n) is 9.08. The van der Waals surface area contributed by atoms with Crippen molar-refractivity contribution in [3.8, 4) is 0 Å². The third kappa shape index (κ3) is 5.63. The molecule has 3 heterocycles. The molecule has 152 valence electrons. The first kappa shape index (κ1) is 20.5. The Hall–Kier alpha value is -2.24. The lowest BCUT2D eigenvalue weighted by Crippen LogP contribution is -2.28. The summed E-state index contributed by atoms with van der Waals surface area (Å²) in [6, 6.07) is 5.13. The summed E-state index contributed by atoms with van der Waals surface area (Å²) in [4.78, 5) is 22.4. The summed E-state index contributed by atoms with van der Waals surface area (Å²) in [5, 5.41) is 5.77. The minimum absolute atomic E-state index is 0.153. The Balaban J connectivity index is 1.48. The van der Waals surface area contributed by atoms with E-state index in [0.29, 0.717) is 18.9 Å². The van der Waals surface area contributed by atoms with Gasteiger partial charge in [-0.25, -0.2) is 23.1 Å². The highest BCUT2D eigenvalue weighted by molar-refractivity contribution is 7.91. The van der Waals surface area contributed by atoms with Crippen molar-refractivity contribution in [2.45, 2.75) is 30.5 Å². The van der Waals surface area contributed by atoms with E-state index in [2.05, 4.69) is 30.2 Å². The maximum absolute atomic E-state index is 12.4. The van der Waals surface area contributed by atoms with Crippen molar-refractivity contribution in [2.75, 3.05) is 36.4 Å². The van der Waals surface area contributed by atoms with Crippen molar-refractivity contribution >= 4 is 38.9 Å². The summed E-state index contributed by atoms with van der Waals surface area (Å²) in [7, 11) is -3.58. The fourth-order valence-electron chi connectivity index (χ4n) is 2.82. The van der Waals surface area contributed by atoms with Crippen LogP contribution in [0.3, 0.4) is 0 Å². The van der Waals surface area contributed by atoms with Crippen molar-refractivity contribution in [2.24, 2.45) is 0 Å². The monoisotopic (exact) mass is 424 g/mol. The van der Waals surface area contributed by atoms with E-state index >= 15 is 0 Å². The van der Waals surface area contributed by atoms with Crippen molar-refractivity contribution < 1.29 is 13.2 Å². The summed E-state index contributed by atoms with van der Waals surface area (Å²) in [5.74, 6) is 1.41. The second kappa shape index (κ2) is 9.30. The Morgan fingerprint density at radius 2 is 2.00 bits per heavy atom. The molecule has 1 fully saturated rings. The normalized spacial score (nSPS) is 14.2. The van der Waals surface area contributed by atoms with Gasteiger partial charge in [0, 0.05) is 44.0 Å². The molecule has 2 aromatic rings. The highest BCUT2D eigenvalue weighted by atomic mass is 32.2. The fraction of sp³-hybridized carbons (Fsp3) is 0.471. The molecule has 1 saturated heterocycles. The first-order chi connectivity index (χ1) is 13.4. The summed E-state index contributed by atoms with van der Waals surface area (Å²) >= 11 is 1.14. The molecule has 3 N–H and O–H groups in total. The third-order valence-electron chi connectivity index (χ3n) is 4.22. The Morgan fingerprint density at radius 3 is 2.75 bits per heavy atom. The topological polar surface area (TPSA) is 116 Å². The molecular weight excluding hydrogens is 400 g/mol. The van der Waals surface area contributed by atoms with E-state index in [1.165, 1.54) is 26.1 Å². The highest BCUT2D eigenvalue weighted by Gasteiger charge is 2.17. The maximum Gasteiger partial charge on any atom is 0.250 e. The van der Waals surface area contributed by atoms with Crippen LogP contribution in [0, 0.1) is 0 Å². The molecule has 0 saturated carbocycles. The minimum atomic E-state index is -3.58. The number of sulfonamides is 1. The van der Waals surface area contributed by atoms with Crippen LogP contribution >= 0.6 is 11.3 Å². The number of thiophene rings is 1. The molecule has 0 spiro atoms. The maximum atomic E-state index is 12.4. The molecule has 0 atom stereocenters. The van der Waals surface area contributed by atoms with Crippen LogP contribution in [0.15, 0.2) is 28.7 Å². The van der Waals surface area contributed by atoms with Gasteiger partial charge in [-0.2, -0.15) is 0 Å². The van der Waals surface area contributed by atoms with Crippen LogP contribution in [0.4, 0.5) is 11.6 Å². The van der Waals surface area contributed by atoms with Gasteiger partial charge in [0.05, 0.1) is 6.54 Å². The average molecular weight is 425 g/mol. The van der Waals surface area contributed by atoms with Gasteiger partial charge in [-0.1, -0.05) is 0 Å². The zero-order valence-corrected chi connectivity index (χ0v) is 17.3. The van der Waals surface area contributed by atoms with Crippen LogP contribution in [-0.2, 0) is 21.4 Å². The second-order valence-corrected chi connectivity index (χ2v) is 9.57. The van der Waals surface area contributed by atoms with Gasteiger partial charge in [0.1, 0.15) is 22.2 Å². The Labute approximate surface area is 168 Å². The molecule has 0 aliphatic carbocycles. The van der Waals surface area contributed by atoms with Gasteiger partial charge in [0.25, 0.3) is 0 Å². The van der Waals surface area contributed by atoms with E-state index in [-0.39, 0.29) is 16.7 Å². The second-order valence-electron chi connectivity index (χ2n) is 6.41. The number of hydrogen-bond acceptors (Lipinski definition) is 8. The number of rotatable bonds is 9. The van der Waals surface area contributed by atoms with Crippen LogP contribution < -0.4 is 20.3 Å².